The second-order valence-corrected chi connectivity index (χ2v) is 9.37. The standard InChI is InChI=1S/C26H27N3OS/c1-27(2)21-15-17-28(18-21)26-23(24(30)19-10-5-3-6-11-19)22-14-9-16-29(25(22)31-26)20-12-7-4-8-13-20/h3-14,21H,15-18H2,1-2H3/t21-/m0/s1. The maximum atomic E-state index is 13.7. The van der Waals surface area contributed by atoms with Crippen molar-refractivity contribution >= 4 is 38.9 Å². The molecule has 5 heteroatoms. The summed E-state index contributed by atoms with van der Waals surface area (Å²) >= 11 is 1.76. The maximum Gasteiger partial charge on any atom is 0.196 e. The summed E-state index contributed by atoms with van der Waals surface area (Å²) in [7, 11) is 4.28. The minimum Gasteiger partial charge on any atom is -0.361 e. The second kappa shape index (κ2) is 8.33. The van der Waals surface area contributed by atoms with Gasteiger partial charge in [-0.25, -0.2) is 0 Å². The van der Waals surface area contributed by atoms with Crippen LogP contribution in [0.5, 0.6) is 0 Å². The van der Waals surface area contributed by atoms with Gasteiger partial charge in [-0.1, -0.05) is 72.0 Å². The molecule has 1 atom stereocenters. The number of carbonyl (C=O) groups excluding carboxylic acids is 1. The van der Waals surface area contributed by atoms with Gasteiger partial charge >= 0.3 is 0 Å². The van der Waals surface area contributed by atoms with Crippen molar-refractivity contribution in [3.8, 4) is 0 Å². The third-order valence-corrected chi connectivity index (χ3v) is 7.53. The van der Waals surface area contributed by atoms with Gasteiger partial charge in [0.25, 0.3) is 0 Å². The molecule has 31 heavy (non-hydrogen) atoms. The number of nitrogens with zero attached hydrogens (tertiary/aromatic N) is 3. The zero-order valence-electron chi connectivity index (χ0n) is 18.0. The quantitative estimate of drug-likeness (QED) is 0.515. The summed E-state index contributed by atoms with van der Waals surface area (Å²) < 4.78 is 0. The Morgan fingerprint density at radius 1 is 1.00 bits per heavy atom. The zero-order chi connectivity index (χ0) is 21.4. The monoisotopic (exact) mass is 429 g/mol. The van der Waals surface area contributed by atoms with Gasteiger partial charge < -0.3 is 14.7 Å². The molecule has 0 N–H and O–H groups in total. The summed E-state index contributed by atoms with van der Waals surface area (Å²) in [6, 6.07) is 20.7. The molecule has 3 heterocycles. The molecular formula is C26H27N3OS. The fourth-order valence-corrected chi connectivity index (χ4v) is 5.84. The van der Waals surface area contributed by atoms with E-state index in [1.54, 1.807) is 11.3 Å². The van der Waals surface area contributed by atoms with E-state index in [1.807, 2.05) is 36.4 Å². The van der Waals surface area contributed by atoms with Crippen LogP contribution in [0.15, 0.2) is 66.7 Å². The molecule has 0 spiro atoms. The van der Waals surface area contributed by atoms with Crippen LogP contribution in [0.4, 0.5) is 15.7 Å². The van der Waals surface area contributed by atoms with Gasteiger partial charge in [0.2, 0.25) is 0 Å². The van der Waals surface area contributed by atoms with Crippen molar-refractivity contribution in [2.24, 2.45) is 0 Å². The Kier molecular flexibility index (Phi) is 5.38. The van der Waals surface area contributed by atoms with E-state index in [2.05, 4.69) is 65.2 Å². The lowest BCUT2D eigenvalue weighted by atomic mass is 9.99. The highest BCUT2D eigenvalue weighted by atomic mass is 32.1. The molecule has 0 unspecified atom stereocenters. The highest BCUT2D eigenvalue weighted by Crippen LogP contribution is 2.48. The predicted octanol–water partition coefficient (Wildman–Crippen LogP) is 5.28. The van der Waals surface area contributed by atoms with Gasteiger partial charge in [0.15, 0.2) is 5.78 Å². The van der Waals surface area contributed by atoms with Crippen LogP contribution < -0.4 is 9.80 Å². The van der Waals surface area contributed by atoms with Crippen LogP contribution in [0.1, 0.15) is 27.9 Å². The Hall–Kier alpha value is -2.89. The summed E-state index contributed by atoms with van der Waals surface area (Å²) in [5.41, 5.74) is 3.81. The highest BCUT2D eigenvalue weighted by molar-refractivity contribution is 7.21. The summed E-state index contributed by atoms with van der Waals surface area (Å²) in [6.07, 6.45) is 5.43. The van der Waals surface area contributed by atoms with Crippen LogP contribution in [0.3, 0.4) is 0 Å². The van der Waals surface area contributed by atoms with Crippen LogP contribution in [0.2, 0.25) is 0 Å². The van der Waals surface area contributed by atoms with E-state index in [0.29, 0.717) is 6.04 Å². The number of rotatable bonds is 5. The SMILES string of the molecule is CN(C)[C@H]1CCN(c2sc3c(c2C(=O)c2ccccc2)C=CCN3c2ccccc2)C1. The number of carbonyl (C=O) groups is 1. The van der Waals surface area contributed by atoms with Crippen molar-refractivity contribution in [1.29, 1.82) is 0 Å². The van der Waals surface area contributed by atoms with Crippen molar-refractivity contribution in [2.75, 3.05) is 43.5 Å². The van der Waals surface area contributed by atoms with E-state index < -0.39 is 0 Å². The molecule has 2 aromatic carbocycles. The highest BCUT2D eigenvalue weighted by Gasteiger charge is 2.33. The topological polar surface area (TPSA) is 26.8 Å². The molecule has 2 aliphatic rings. The summed E-state index contributed by atoms with van der Waals surface area (Å²) in [5.74, 6) is 0.112. The van der Waals surface area contributed by atoms with Gasteiger partial charge in [0.05, 0.1) is 5.56 Å². The number of thiophene rings is 1. The van der Waals surface area contributed by atoms with E-state index in [-0.39, 0.29) is 5.78 Å². The van der Waals surface area contributed by atoms with Gasteiger partial charge in [0, 0.05) is 42.5 Å². The van der Waals surface area contributed by atoms with Gasteiger partial charge in [0.1, 0.15) is 10.0 Å². The zero-order valence-corrected chi connectivity index (χ0v) is 18.8. The lowest BCUT2D eigenvalue weighted by molar-refractivity contribution is 0.103. The average molecular weight is 430 g/mol. The number of anilines is 3. The minimum absolute atomic E-state index is 0.112. The Labute approximate surface area is 188 Å². The lowest BCUT2D eigenvalue weighted by Gasteiger charge is -2.25. The number of para-hydroxylation sites is 1. The van der Waals surface area contributed by atoms with Gasteiger partial charge in [-0.15, -0.1) is 0 Å². The third kappa shape index (κ3) is 3.68. The minimum atomic E-state index is 0.112. The Bertz CT molecular complexity index is 1100. The number of hydrogen-bond acceptors (Lipinski definition) is 5. The molecule has 1 fully saturated rings. The molecule has 0 aliphatic carbocycles. The van der Waals surface area contributed by atoms with Crippen molar-refractivity contribution < 1.29 is 4.79 Å². The first-order valence-corrected chi connectivity index (χ1v) is 11.6. The van der Waals surface area contributed by atoms with Crippen molar-refractivity contribution in [2.45, 2.75) is 12.5 Å². The number of likely N-dealkylation sites (N-methyl/N-ethyl adjacent to an activating group) is 1. The molecule has 5 rings (SSSR count). The van der Waals surface area contributed by atoms with E-state index in [1.165, 1.54) is 0 Å². The molecule has 0 amide bonds. The first-order chi connectivity index (χ1) is 15.1. The number of benzene rings is 2. The molecule has 0 bridgehead atoms. The maximum absolute atomic E-state index is 13.7. The normalized spacial score (nSPS) is 18.0. The van der Waals surface area contributed by atoms with E-state index >= 15 is 0 Å². The van der Waals surface area contributed by atoms with Crippen LogP contribution in [-0.4, -0.2) is 50.5 Å². The molecule has 4 nitrogen and oxygen atoms in total. The second-order valence-electron chi connectivity index (χ2n) is 8.40. The van der Waals surface area contributed by atoms with Gasteiger partial charge in [-0.05, 0) is 32.6 Å². The summed E-state index contributed by atoms with van der Waals surface area (Å²) in [6.45, 7) is 2.75. The number of hydrogen-bond donors (Lipinski definition) is 0. The van der Waals surface area contributed by atoms with Crippen LogP contribution >= 0.6 is 11.3 Å². The van der Waals surface area contributed by atoms with Crippen molar-refractivity contribution in [1.82, 2.24) is 4.90 Å². The Morgan fingerprint density at radius 2 is 1.71 bits per heavy atom. The Morgan fingerprint density at radius 3 is 2.39 bits per heavy atom. The van der Waals surface area contributed by atoms with Crippen LogP contribution in [0, 0.1) is 0 Å². The average Bonchev–Trinajstić information content (AvgIpc) is 3.45. The van der Waals surface area contributed by atoms with Gasteiger partial charge in [-0.3, -0.25) is 4.79 Å². The fourth-order valence-electron chi connectivity index (χ4n) is 4.49. The smallest absolute Gasteiger partial charge is 0.196 e. The van der Waals surface area contributed by atoms with E-state index in [0.717, 1.165) is 58.4 Å². The van der Waals surface area contributed by atoms with Crippen LogP contribution in [0.25, 0.3) is 6.08 Å². The third-order valence-electron chi connectivity index (χ3n) is 6.24. The molecule has 0 saturated carbocycles. The summed E-state index contributed by atoms with van der Waals surface area (Å²) in [4.78, 5) is 20.8. The first-order valence-electron chi connectivity index (χ1n) is 10.8. The molecule has 1 saturated heterocycles. The lowest BCUT2D eigenvalue weighted by Crippen LogP contribution is -2.31. The Balaban J connectivity index is 1.63. The number of fused-ring (bicyclic) bond motifs is 1. The summed E-state index contributed by atoms with van der Waals surface area (Å²) in [5, 5.41) is 2.27. The van der Waals surface area contributed by atoms with Gasteiger partial charge in [-0.2, -0.15) is 0 Å². The first kappa shape index (κ1) is 20.0. The molecular weight excluding hydrogens is 402 g/mol. The molecule has 158 valence electrons. The molecule has 1 aromatic heterocycles. The molecule has 0 radical (unpaired) electrons. The molecule has 3 aromatic rings. The fraction of sp³-hybridized carbons (Fsp3) is 0.269. The van der Waals surface area contributed by atoms with Crippen molar-refractivity contribution in [3.63, 3.8) is 0 Å². The van der Waals surface area contributed by atoms with Crippen LogP contribution in [-0.2, 0) is 0 Å². The largest absolute Gasteiger partial charge is 0.361 e. The van der Waals surface area contributed by atoms with E-state index in [9.17, 15) is 4.79 Å². The number of ketones is 1. The van der Waals surface area contributed by atoms with E-state index in [4.69, 9.17) is 0 Å². The van der Waals surface area contributed by atoms with Crippen molar-refractivity contribution in [3.05, 3.63) is 83.4 Å². The molecule has 2 aliphatic heterocycles. The predicted molar refractivity (Wildman–Crippen MR) is 131 cm³/mol.